The highest BCUT2D eigenvalue weighted by molar-refractivity contribution is 5.70. The molecular weight excluding hydrogens is 226 g/mol. The van der Waals surface area contributed by atoms with Gasteiger partial charge in [0.2, 0.25) is 0 Å². The average molecular weight is 253 g/mol. The lowest BCUT2D eigenvalue weighted by Crippen LogP contribution is -2.42. The van der Waals surface area contributed by atoms with Crippen LogP contribution < -0.4 is 0 Å². The summed E-state index contributed by atoms with van der Waals surface area (Å²) in [5.74, 6) is 0.687. The van der Waals surface area contributed by atoms with Crippen molar-refractivity contribution >= 4 is 6.09 Å². The first-order chi connectivity index (χ1) is 8.39. The Bertz CT molecular complexity index is 302. The van der Waals surface area contributed by atoms with Crippen LogP contribution in [0.4, 0.5) is 4.79 Å². The van der Waals surface area contributed by atoms with E-state index in [-0.39, 0.29) is 23.7 Å². The molecule has 0 spiro atoms. The third kappa shape index (κ3) is 2.81. The number of amides is 1. The molecule has 2 atom stereocenters. The Morgan fingerprint density at radius 3 is 2.33 bits per heavy atom. The van der Waals surface area contributed by atoms with E-state index in [1.807, 2.05) is 4.90 Å². The Kier molecular flexibility index (Phi) is 3.88. The highest BCUT2D eigenvalue weighted by Gasteiger charge is 2.45. The first-order valence-corrected chi connectivity index (χ1v) is 7.37. The van der Waals surface area contributed by atoms with Gasteiger partial charge in [-0.05, 0) is 25.7 Å². The molecular formula is C15H27NO2. The summed E-state index contributed by atoms with van der Waals surface area (Å²) in [5, 5.41) is 0. The van der Waals surface area contributed by atoms with E-state index in [1.54, 1.807) is 0 Å². The summed E-state index contributed by atoms with van der Waals surface area (Å²) in [6.07, 6.45) is 6.48. The van der Waals surface area contributed by atoms with Gasteiger partial charge in [0.05, 0.1) is 6.04 Å². The number of cyclic esters (lactones) is 1. The number of hydrogen-bond donors (Lipinski definition) is 0. The number of ether oxygens (including phenoxy) is 1. The molecule has 0 aromatic rings. The Labute approximate surface area is 111 Å². The van der Waals surface area contributed by atoms with E-state index in [9.17, 15) is 4.79 Å². The van der Waals surface area contributed by atoms with Crippen LogP contribution in [-0.2, 0) is 4.74 Å². The lowest BCUT2D eigenvalue weighted by atomic mass is 9.84. The van der Waals surface area contributed by atoms with Crippen LogP contribution in [0.2, 0.25) is 0 Å². The highest BCUT2D eigenvalue weighted by Crippen LogP contribution is 2.34. The van der Waals surface area contributed by atoms with Crippen molar-refractivity contribution in [2.75, 3.05) is 6.54 Å². The molecule has 1 amide bonds. The molecule has 3 nitrogen and oxygen atoms in total. The van der Waals surface area contributed by atoms with Crippen LogP contribution >= 0.6 is 0 Å². The number of hydrogen-bond acceptors (Lipinski definition) is 2. The predicted octanol–water partition coefficient (Wildman–Crippen LogP) is 3.82. The molecule has 0 radical (unpaired) electrons. The summed E-state index contributed by atoms with van der Waals surface area (Å²) < 4.78 is 5.58. The Morgan fingerprint density at radius 2 is 1.83 bits per heavy atom. The average Bonchev–Trinajstić information content (AvgIpc) is 2.58. The smallest absolute Gasteiger partial charge is 0.410 e. The first-order valence-electron chi connectivity index (χ1n) is 7.37. The van der Waals surface area contributed by atoms with Gasteiger partial charge in [-0.2, -0.15) is 0 Å². The van der Waals surface area contributed by atoms with Crippen molar-refractivity contribution in [3.05, 3.63) is 0 Å². The minimum Gasteiger partial charge on any atom is -0.443 e. The van der Waals surface area contributed by atoms with Gasteiger partial charge < -0.3 is 9.64 Å². The number of nitrogens with zero attached hydrogens (tertiary/aromatic N) is 1. The van der Waals surface area contributed by atoms with Gasteiger partial charge in [0.15, 0.2) is 0 Å². The standard InChI is InChI=1S/C15H27NO2/c1-11-13(15(2,3)4)18-14(17)16(11)10-12-8-6-5-7-9-12/h11-13H,5-10H2,1-4H3/t11-,13+/m1/s1. The van der Waals surface area contributed by atoms with Crippen molar-refractivity contribution in [3.63, 3.8) is 0 Å². The first kappa shape index (κ1) is 13.7. The topological polar surface area (TPSA) is 29.5 Å². The number of rotatable bonds is 2. The molecule has 2 aliphatic rings. The molecule has 1 aliphatic carbocycles. The minimum absolute atomic E-state index is 0.0218. The van der Waals surface area contributed by atoms with Crippen molar-refractivity contribution in [1.29, 1.82) is 0 Å². The molecule has 3 heteroatoms. The van der Waals surface area contributed by atoms with E-state index >= 15 is 0 Å². The second-order valence-corrected chi connectivity index (χ2v) is 7.07. The van der Waals surface area contributed by atoms with Crippen molar-refractivity contribution < 1.29 is 9.53 Å². The molecule has 2 rings (SSSR count). The summed E-state index contributed by atoms with van der Waals surface area (Å²) in [6.45, 7) is 9.46. The Morgan fingerprint density at radius 1 is 1.22 bits per heavy atom. The molecule has 1 saturated carbocycles. The molecule has 18 heavy (non-hydrogen) atoms. The highest BCUT2D eigenvalue weighted by atomic mass is 16.6. The fourth-order valence-corrected chi connectivity index (χ4v) is 3.39. The number of carbonyl (C=O) groups is 1. The van der Waals surface area contributed by atoms with Gasteiger partial charge in [-0.1, -0.05) is 40.0 Å². The summed E-state index contributed by atoms with van der Waals surface area (Å²) >= 11 is 0. The quantitative estimate of drug-likeness (QED) is 0.748. The van der Waals surface area contributed by atoms with Crippen molar-refractivity contribution in [2.45, 2.75) is 71.9 Å². The molecule has 0 bridgehead atoms. The lowest BCUT2D eigenvalue weighted by Gasteiger charge is -2.31. The van der Waals surface area contributed by atoms with Crippen molar-refractivity contribution in [1.82, 2.24) is 4.90 Å². The largest absolute Gasteiger partial charge is 0.443 e. The van der Waals surface area contributed by atoms with Crippen LogP contribution in [-0.4, -0.2) is 29.7 Å². The van der Waals surface area contributed by atoms with E-state index in [2.05, 4.69) is 27.7 Å². The van der Waals surface area contributed by atoms with Crippen LogP contribution in [0.3, 0.4) is 0 Å². The molecule has 1 heterocycles. The van der Waals surface area contributed by atoms with Crippen LogP contribution in [0.15, 0.2) is 0 Å². The maximum Gasteiger partial charge on any atom is 0.410 e. The fourth-order valence-electron chi connectivity index (χ4n) is 3.39. The maximum atomic E-state index is 12.0. The molecule has 0 unspecified atom stereocenters. The third-order valence-corrected chi connectivity index (χ3v) is 4.43. The minimum atomic E-state index is -0.104. The van der Waals surface area contributed by atoms with Crippen LogP contribution in [0.1, 0.15) is 59.8 Å². The van der Waals surface area contributed by atoms with Gasteiger partial charge in [-0.3, -0.25) is 0 Å². The van der Waals surface area contributed by atoms with Gasteiger partial charge in [0, 0.05) is 12.0 Å². The Hall–Kier alpha value is -0.730. The van der Waals surface area contributed by atoms with Crippen LogP contribution in [0.25, 0.3) is 0 Å². The van der Waals surface area contributed by atoms with E-state index in [0.717, 1.165) is 6.54 Å². The van der Waals surface area contributed by atoms with E-state index in [0.29, 0.717) is 5.92 Å². The zero-order chi connectivity index (χ0) is 13.3. The van der Waals surface area contributed by atoms with Crippen LogP contribution in [0, 0.1) is 11.3 Å². The number of carbonyl (C=O) groups excluding carboxylic acids is 1. The summed E-state index contributed by atoms with van der Waals surface area (Å²) in [4.78, 5) is 14.0. The second kappa shape index (κ2) is 5.10. The zero-order valence-electron chi connectivity index (χ0n) is 12.2. The molecule has 1 aliphatic heterocycles. The lowest BCUT2D eigenvalue weighted by molar-refractivity contribution is 0.0582. The van der Waals surface area contributed by atoms with E-state index in [4.69, 9.17) is 4.74 Å². The van der Waals surface area contributed by atoms with Crippen LogP contribution in [0.5, 0.6) is 0 Å². The Balaban J connectivity index is 1.98. The third-order valence-electron chi connectivity index (χ3n) is 4.43. The predicted molar refractivity (Wildman–Crippen MR) is 72.5 cm³/mol. The molecule has 0 aromatic heterocycles. The van der Waals surface area contributed by atoms with Gasteiger partial charge in [-0.25, -0.2) is 4.79 Å². The molecule has 104 valence electrons. The normalized spacial score (nSPS) is 30.7. The van der Waals surface area contributed by atoms with Gasteiger partial charge >= 0.3 is 6.09 Å². The molecule has 2 fully saturated rings. The SMILES string of the molecule is C[C@@H]1[C@@H](C(C)(C)C)OC(=O)N1CC1CCCCC1. The summed E-state index contributed by atoms with van der Waals surface area (Å²) in [5.41, 5.74) is 0.0242. The van der Waals surface area contributed by atoms with E-state index in [1.165, 1.54) is 32.1 Å². The fraction of sp³-hybridized carbons (Fsp3) is 0.933. The molecule has 1 saturated heterocycles. The van der Waals surface area contributed by atoms with Gasteiger partial charge in [0.25, 0.3) is 0 Å². The van der Waals surface area contributed by atoms with E-state index < -0.39 is 0 Å². The molecule has 0 N–H and O–H groups in total. The van der Waals surface area contributed by atoms with Gasteiger partial charge in [-0.15, -0.1) is 0 Å². The van der Waals surface area contributed by atoms with Crippen molar-refractivity contribution in [3.8, 4) is 0 Å². The van der Waals surface area contributed by atoms with Gasteiger partial charge in [0.1, 0.15) is 6.10 Å². The maximum absolute atomic E-state index is 12.0. The monoisotopic (exact) mass is 253 g/mol. The summed E-state index contributed by atoms with van der Waals surface area (Å²) in [6, 6.07) is 0.208. The molecule has 0 aromatic carbocycles. The van der Waals surface area contributed by atoms with Crippen molar-refractivity contribution in [2.24, 2.45) is 11.3 Å². The second-order valence-electron chi connectivity index (χ2n) is 7.07. The zero-order valence-corrected chi connectivity index (χ0v) is 12.2. The summed E-state index contributed by atoms with van der Waals surface area (Å²) in [7, 11) is 0.